The first kappa shape index (κ1) is 21.3. The third-order valence-electron chi connectivity index (χ3n) is 6.93. The Morgan fingerprint density at radius 3 is 2.47 bits per heavy atom. The van der Waals surface area contributed by atoms with Gasteiger partial charge in [-0.3, -0.25) is 5.32 Å². The Labute approximate surface area is 182 Å². The second-order valence-electron chi connectivity index (χ2n) is 9.18. The van der Waals surface area contributed by atoms with Crippen LogP contribution in [0.5, 0.6) is 0 Å². The van der Waals surface area contributed by atoms with Crippen LogP contribution in [0.3, 0.4) is 0 Å². The predicted molar refractivity (Wildman–Crippen MR) is 132 cm³/mol. The molecule has 4 heteroatoms. The second kappa shape index (κ2) is 9.44. The first-order chi connectivity index (χ1) is 14.6. The van der Waals surface area contributed by atoms with Crippen LogP contribution in [0.4, 0.5) is 0 Å². The van der Waals surface area contributed by atoms with Crippen LogP contribution in [0.25, 0.3) is 16.7 Å². The lowest BCUT2D eigenvalue weighted by molar-refractivity contribution is 0.549. The highest BCUT2D eigenvalue weighted by molar-refractivity contribution is 6.76. The summed E-state index contributed by atoms with van der Waals surface area (Å²) >= 11 is 0. The maximum atomic E-state index is 3.89. The molecule has 2 aliphatic rings. The Kier molecular flexibility index (Phi) is 6.69. The summed E-state index contributed by atoms with van der Waals surface area (Å²) in [6.07, 6.45) is 9.79. The smallest absolute Gasteiger partial charge is 0.124 e. The van der Waals surface area contributed by atoms with Crippen molar-refractivity contribution in [3.05, 3.63) is 78.4 Å². The number of hydrogen-bond acceptors (Lipinski definition) is 3. The van der Waals surface area contributed by atoms with Crippen LogP contribution in [-0.2, 0) is 0 Å². The fraction of sp³-hybridized carbons (Fsp3) is 0.385. The summed E-state index contributed by atoms with van der Waals surface area (Å²) in [6, 6.07) is 19.8. The Morgan fingerprint density at radius 1 is 0.900 bits per heavy atom. The molecule has 3 unspecified atom stereocenters. The van der Waals surface area contributed by atoms with Crippen molar-refractivity contribution in [2.24, 2.45) is 11.8 Å². The fourth-order valence-corrected chi connectivity index (χ4v) is 8.37. The molecule has 1 saturated carbocycles. The number of nitrogens with one attached hydrogen (secondary N) is 3. The van der Waals surface area contributed by atoms with Crippen LogP contribution < -0.4 is 15.6 Å². The standard InChI is InChI=1S/C26H35N3Si/c1-27-18-28-19-29-30(2,3)26-16-15-24-23(13-8-14-25(24)26)22-12-7-11-21(17-22)20-9-5-4-6-10-20/h4-14,17,24-29H,15-16,18-19H2,1-3H3. The predicted octanol–water partition coefficient (Wildman–Crippen LogP) is 5.22. The van der Waals surface area contributed by atoms with Gasteiger partial charge in [0.1, 0.15) is 8.24 Å². The topological polar surface area (TPSA) is 36.1 Å². The summed E-state index contributed by atoms with van der Waals surface area (Å²) in [4.78, 5) is 3.89. The average Bonchev–Trinajstić information content (AvgIpc) is 3.23. The first-order valence-corrected chi connectivity index (χ1v) is 14.3. The quantitative estimate of drug-likeness (QED) is 0.313. The number of fused-ring (bicyclic) bond motifs is 1. The van der Waals surface area contributed by atoms with Crippen LogP contribution >= 0.6 is 0 Å². The molecule has 0 spiro atoms. The normalized spacial score (nSPS) is 23.3. The van der Waals surface area contributed by atoms with Gasteiger partial charge < -0.3 is 10.3 Å². The zero-order valence-electron chi connectivity index (χ0n) is 18.5. The molecular formula is C26H35N3Si. The SMILES string of the molecule is CNCNCN[Si](C)(C)C1CCC2C(c3cccc(-c4ccccc4)c3)=CC=CC21. The summed E-state index contributed by atoms with van der Waals surface area (Å²) in [5, 5.41) is 6.58. The zero-order valence-corrected chi connectivity index (χ0v) is 19.5. The molecule has 3 nitrogen and oxygen atoms in total. The van der Waals surface area contributed by atoms with Crippen LogP contribution in [0.2, 0.25) is 18.6 Å². The van der Waals surface area contributed by atoms with Crippen molar-refractivity contribution < 1.29 is 0 Å². The van der Waals surface area contributed by atoms with Gasteiger partial charge in [0.2, 0.25) is 0 Å². The molecular weight excluding hydrogens is 382 g/mol. The molecule has 2 aliphatic carbocycles. The van der Waals surface area contributed by atoms with Gasteiger partial charge in [0.05, 0.1) is 0 Å². The lowest BCUT2D eigenvalue weighted by atomic mass is 9.81. The van der Waals surface area contributed by atoms with E-state index in [-0.39, 0.29) is 0 Å². The van der Waals surface area contributed by atoms with Gasteiger partial charge in [-0.05, 0) is 59.2 Å². The van der Waals surface area contributed by atoms with E-state index in [4.69, 9.17) is 0 Å². The minimum atomic E-state index is -1.54. The van der Waals surface area contributed by atoms with Crippen LogP contribution in [0.1, 0.15) is 18.4 Å². The van der Waals surface area contributed by atoms with E-state index in [2.05, 4.69) is 102 Å². The maximum Gasteiger partial charge on any atom is 0.124 e. The van der Waals surface area contributed by atoms with E-state index in [1.54, 1.807) is 0 Å². The Balaban J connectivity index is 1.52. The molecule has 0 aromatic heterocycles. The molecule has 0 radical (unpaired) electrons. The Bertz CT molecular complexity index is 904. The molecule has 0 heterocycles. The van der Waals surface area contributed by atoms with E-state index in [1.807, 2.05) is 7.05 Å². The molecule has 2 aromatic rings. The minimum absolute atomic E-state index is 0.643. The molecule has 0 saturated heterocycles. The monoisotopic (exact) mass is 417 g/mol. The molecule has 0 bridgehead atoms. The molecule has 0 amide bonds. The van der Waals surface area contributed by atoms with Crippen LogP contribution in [-0.4, -0.2) is 28.6 Å². The molecule has 3 atom stereocenters. The Hall–Kier alpha value is -1.98. The number of allylic oxidation sites excluding steroid dienone is 4. The van der Waals surface area contributed by atoms with Crippen molar-refractivity contribution >= 4 is 13.8 Å². The largest absolute Gasteiger partial charge is 0.325 e. The molecule has 3 N–H and O–H groups in total. The summed E-state index contributed by atoms with van der Waals surface area (Å²) < 4.78 is 0. The third-order valence-corrected chi connectivity index (χ3v) is 10.5. The van der Waals surface area contributed by atoms with Gasteiger partial charge in [-0.25, -0.2) is 0 Å². The van der Waals surface area contributed by atoms with Crippen LogP contribution in [0.15, 0.2) is 72.8 Å². The van der Waals surface area contributed by atoms with E-state index in [1.165, 1.54) is 35.1 Å². The average molecular weight is 418 g/mol. The summed E-state index contributed by atoms with van der Waals surface area (Å²) in [5.41, 5.74) is 6.29. The molecule has 158 valence electrons. The number of rotatable bonds is 8. The van der Waals surface area contributed by atoms with Crippen molar-refractivity contribution in [1.29, 1.82) is 0 Å². The van der Waals surface area contributed by atoms with Gasteiger partial charge in [0, 0.05) is 13.3 Å². The van der Waals surface area contributed by atoms with Gasteiger partial charge in [-0.1, -0.05) is 86.3 Å². The van der Waals surface area contributed by atoms with Crippen molar-refractivity contribution in [2.45, 2.75) is 31.5 Å². The van der Waals surface area contributed by atoms with E-state index in [9.17, 15) is 0 Å². The van der Waals surface area contributed by atoms with Crippen LogP contribution in [0, 0.1) is 11.8 Å². The molecule has 0 aliphatic heterocycles. The highest BCUT2D eigenvalue weighted by atomic mass is 28.3. The molecule has 4 rings (SSSR count). The van der Waals surface area contributed by atoms with E-state index < -0.39 is 8.24 Å². The summed E-state index contributed by atoms with van der Waals surface area (Å²) in [7, 11) is 0.435. The fourth-order valence-electron chi connectivity index (χ4n) is 5.34. The minimum Gasteiger partial charge on any atom is -0.325 e. The number of benzene rings is 2. The van der Waals surface area contributed by atoms with E-state index in [0.29, 0.717) is 11.8 Å². The van der Waals surface area contributed by atoms with Crippen molar-refractivity contribution in [2.75, 3.05) is 20.4 Å². The van der Waals surface area contributed by atoms with Crippen molar-refractivity contribution in [3.63, 3.8) is 0 Å². The van der Waals surface area contributed by atoms with Gasteiger partial charge in [0.25, 0.3) is 0 Å². The van der Waals surface area contributed by atoms with Crippen molar-refractivity contribution in [1.82, 2.24) is 15.6 Å². The summed E-state index contributed by atoms with van der Waals surface area (Å²) in [6.45, 7) is 6.74. The zero-order chi connectivity index (χ0) is 21.0. The van der Waals surface area contributed by atoms with Gasteiger partial charge in [0.15, 0.2) is 0 Å². The van der Waals surface area contributed by atoms with Crippen molar-refractivity contribution in [3.8, 4) is 11.1 Å². The first-order valence-electron chi connectivity index (χ1n) is 11.2. The van der Waals surface area contributed by atoms with E-state index >= 15 is 0 Å². The van der Waals surface area contributed by atoms with Gasteiger partial charge >= 0.3 is 0 Å². The molecule has 2 aromatic carbocycles. The maximum absolute atomic E-state index is 3.89. The summed E-state index contributed by atoms with van der Waals surface area (Å²) in [5.74, 6) is 1.30. The van der Waals surface area contributed by atoms with Gasteiger partial charge in [-0.15, -0.1) is 0 Å². The number of hydrogen-bond donors (Lipinski definition) is 3. The van der Waals surface area contributed by atoms with E-state index in [0.717, 1.165) is 18.9 Å². The molecule has 1 fully saturated rings. The highest BCUT2D eigenvalue weighted by Gasteiger charge is 2.45. The highest BCUT2D eigenvalue weighted by Crippen LogP contribution is 2.53. The lowest BCUT2D eigenvalue weighted by Crippen LogP contribution is -2.53. The molecule has 30 heavy (non-hydrogen) atoms. The van der Waals surface area contributed by atoms with Gasteiger partial charge in [-0.2, -0.15) is 0 Å². The Morgan fingerprint density at radius 2 is 1.67 bits per heavy atom. The third kappa shape index (κ3) is 4.52. The lowest BCUT2D eigenvalue weighted by Gasteiger charge is -2.36. The second-order valence-corrected chi connectivity index (χ2v) is 13.7.